The van der Waals surface area contributed by atoms with Crippen LogP contribution in [0.1, 0.15) is 16.1 Å². The van der Waals surface area contributed by atoms with Crippen LogP contribution in [-0.2, 0) is 9.47 Å². The van der Waals surface area contributed by atoms with E-state index in [0.29, 0.717) is 45.8 Å². The summed E-state index contributed by atoms with van der Waals surface area (Å²) in [5.74, 6) is 0.593. The van der Waals surface area contributed by atoms with Gasteiger partial charge in [-0.1, -0.05) is 6.07 Å². The Kier molecular flexibility index (Phi) is 7.63. The number of aromatic nitrogens is 2. The minimum absolute atomic E-state index is 0.142. The zero-order chi connectivity index (χ0) is 22.2. The van der Waals surface area contributed by atoms with Gasteiger partial charge in [0.1, 0.15) is 11.6 Å². The van der Waals surface area contributed by atoms with Crippen molar-refractivity contribution in [3.63, 3.8) is 0 Å². The number of furan rings is 1. The summed E-state index contributed by atoms with van der Waals surface area (Å²) in [5, 5.41) is 5.96. The van der Waals surface area contributed by atoms with Gasteiger partial charge in [0.2, 0.25) is 0 Å². The van der Waals surface area contributed by atoms with Gasteiger partial charge in [-0.15, -0.1) is 11.8 Å². The zero-order valence-electron chi connectivity index (χ0n) is 17.3. The van der Waals surface area contributed by atoms with Crippen LogP contribution in [0, 0.1) is 6.92 Å². The Morgan fingerprint density at radius 3 is 2.55 bits per heavy atom. The van der Waals surface area contributed by atoms with E-state index in [9.17, 15) is 9.59 Å². The van der Waals surface area contributed by atoms with Crippen LogP contribution in [0.3, 0.4) is 0 Å². The predicted molar refractivity (Wildman–Crippen MR) is 117 cm³/mol. The van der Waals surface area contributed by atoms with Gasteiger partial charge in [-0.3, -0.25) is 10.1 Å². The molecule has 31 heavy (non-hydrogen) atoms. The number of thioether (sulfide) groups is 1. The summed E-state index contributed by atoms with van der Waals surface area (Å²) in [6, 6.07) is 10.2. The van der Waals surface area contributed by atoms with Crippen LogP contribution in [0.4, 0.5) is 16.2 Å². The number of carbonyl (C=O) groups excluding carboxylic acids is 2. The number of benzene rings is 1. The molecule has 0 spiro atoms. The van der Waals surface area contributed by atoms with E-state index < -0.39 is 6.09 Å². The summed E-state index contributed by atoms with van der Waals surface area (Å²) in [7, 11) is 1.52. The molecule has 3 aromatic rings. The fourth-order valence-corrected chi connectivity index (χ4v) is 3.33. The molecule has 0 unspecified atom stereocenters. The fourth-order valence-electron chi connectivity index (χ4n) is 2.71. The third kappa shape index (κ3) is 5.83. The zero-order valence-corrected chi connectivity index (χ0v) is 18.1. The molecule has 10 heteroatoms. The van der Waals surface area contributed by atoms with E-state index in [1.54, 1.807) is 49.6 Å². The van der Waals surface area contributed by atoms with E-state index in [1.165, 1.54) is 18.9 Å². The minimum Gasteiger partial charge on any atom is -0.461 e. The Morgan fingerprint density at radius 1 is 1.10 bits per heavy atom. The number of aryl methyl sites for hydroxylation is 1. The molecule has 0 atom stereocenters. The molecule has 0 fully saturated rings. The van der Waals surface area contributed by atoms with Gasteiger partial charge in [-0.05, 0) is 43.5 Å². The Bertz CT molecular complexity index is 1060. The topological polar surface area (TPSA) is 116 Å². The van der Waals surface area contributed by atoms with Crippen molar-refractivity contribution in [2.45, 2.75) is 11.9 Å². The molecule has 0 radical (unpaired) electrons. The smallest absolute Gasteiger partial charge is 0.411 e. The summed E-state index contributed by atoms with van der Waals surface area (Å²) in [4.78, 5) is 33.6. The molecule has 2 aromatic heterocycles. The van der Waals surface area contributed by atoms with E-state index in [-0.39, 0.29) is 12.5 Å². The summed E-state index contributed by atoms with van der Waals surface area (Å²) in [5.41, 5.74) is 1.88. The maximum Gasteiger partial charge on any atom is 0.411 e. The average molecular weight is 442 g/mol. The molecular formula is C21H22N4O5S. The number of rotatable bonds is 8. The Balaban J connectivity index is 1.75. The molecule has 162 valence electrons. The summed E-state index contributed by atoms with van der Waals surface area (Å²) >= 11 is 1.34. The van der Waals surface area contributed by atoms with Gasteiger partial charge in [0.05, 0.1) is 24.1 Å². The molecule has 2 N–H and O–H groups in total. The van der Waals surface area contributed by atoms with Crippen molar-refractivity contribution in [2.75, 3.05) is 37.2 Å². The monoisotopic (exact) mass is 442 g/mol. The Labute approximate surface area is 183 Å². The molecule has 0 aliphatic carbocycles. The van der Waals surface area contributed by atoms with Gasteiger partial charge in [0.15, 0.2) is 11.6 Å². The normalized spacial score (nSPS) is 10.5. The lowest BCUT2D eigenvalue weighted by atomic mass is 10.2. The number of nitrogens with one attached hydrogen (secondary N) is 2. The molecule has 3 rings (SSSR count). The molecule has 2 heterocycles. The second-order valence-corrected chi connectivity index (χ2v) is 7.08. The lowest BCUT2D eigenvalue weighted by Crippen LogP contribution is -2.18. The van der Waals surface area contributed by atoms with Crippen molar-refractivity contribution in [2.24, 2.45) is 0 Å². The molecule has 0 aliphatic rings. The first kappa shape index (κ1) is 22.3. The molecule has 9 nitrogen and oxygen atoms in total. The average Bonchev–Trinajstić information content (AvgIpc) is 3.28. The van der Waals surface area contributed by atoms with Crippen LogP contribution in [0.5, 0.6) is 0 Å². The highest BCUT2D eigenvalue weighted by Crippen LogP contribution is 2.26. The van der Waals surface area contributed by atoms with E-state index in [1.807, 2.05) is 6.26 Å². The maximum absolute atomic E-state index is 13.0. The highest BCUT2D eigenvalue weighted by atomic mass is 32.2. The number of hydrogen-bond donors (Lipinski definition) is 2. The molecule has 0 aliphatic heterocycles. The van der Waals surface area contributed by atoms with Crippen LogP contribution in [-0.4, -0.2) is 48.5 Å². The highest BCUT2D eigenvalue weighted by Gasteiger charge is 2.20. The van der Waals surface area contributed by atoms with Gasteiger partial charge < -0.3 is 19.2 Å². The SMILES string of the molecule is COCCOC(=O)Nc1cccc(NC(=O)c2c(C)nc(-c3ccco3)nc2SC)c1. The van der Waals surface area contributed by atoms with Crippen LogP contribution < -0.4 is 10.6 Å². The van der Waals surface area contributed by atoms with Crippen LogP contribution in [0.15, 0.2) is 52.1 Å². The van der Waals surface area contributed by atoms with Gasteiger partial charge in [0, 0.05) is 18.5 Å². The van der Waals surface area contributed by atoms with E-state index in [4.69, 9.17) is 13.9 Å². The number of amides is 2. The van der Waals surface area contributed by atoms with Gasteiger partial charge >= 0.3 is 6.09 Å². The third-order valence-electron chi connectivity index (χ3n) is 4.11. The number of nitrogens with zero attached hydrogens (tertiary/aromatic N) is 2. The van der Waals surface area contributed by atoms with Crippen molar-refractivity contribution in [3.8, 4) is 11.6 Å². The summed E-state index contributed by atoms with van der Waals surface area (Å²) < 4.78 is 15.2. The quantitative estimate of drug-likeness (QED) is 0.303. The van der Waals surface area contributed by atoms with Crippen molar-refractivity contribution in [3.05, 3.63) is 53.9 Å². The van der Waals surface area contributed by atoms with Crippen LogP contribution in [0.2, 0.25) is 0 Å². The van der Waals surface area contributed by atoms with Crippen LogP contribution in [0.25, 0.3) is 11.6 Å². The van der Waals surface area contributed by atoms with Gasteiger partial charge in [0.25, 0.3) is 5.91 Å². The molecular weight excluding hydrogens is 420 g/mol. The number of carbonyl (C=O) groups is 2. The molecule has 0 saturated heterocycles. The van der Waals surface area contributed by atoms with E-state index in [2.05, 4.69) is 20.6 Å². The lowest BCUT2D eigenvalue weighted by molar-refractivity contribution is 0.102. The number of hydrogen-bond acceptors (Lipinski definition) is 8. The Hall–Kier alpha value is -3.37. The number of ether oxygens (including phenoxy) is 2. The third-order valence-corrected chi connectivity index (χ3v) is 4.79. The van der Waals surface area contributed by atoms with E-state index in [0.717, 1.165) is 0 Å². The fraction of sp³-hybridized carbons (Fsp3) is 0.238. The number of methoxy groups -OCH3 is 1. The summed E-state index contributed by atoms with van der Waals surface area (Å²) in [6.07, 6.45) is 2.77. The van der Waals surface area contributed by atoms with Crippen molar-refractivity contribution >= 4 is 35.1 Å². The second kappa shape index (κ2) is 10.6. The van der Waals surface area contributed by atoms with Crippen molar-refractivity contribution in [1.29, 1.82) is 0 Å². The molecule has 2 amide bonds. The maximum atomic E-state index is 13.0. The van der Waals surface area contributed by atoms with Crippen LogP contribution >= 0.6 is 11.8 Å². The largest absolute Gasteiger partial charge is 0.461 e. The predicted octanol–water partition coefficient (Wildman–Crippen LogP) is 4.21. The van der Waals surface area contributed by atoms with Crippen molar-refractivity contribution in [1.82, 2.24) is 9.97 Å². The first-order chi connectivity index (χ1) is 15.0. The minimum atomic E-state index is -0.608. The van der Waals surface area contributed by atoms with Gasteiger partial charge in [-0.2, -0.15) is 0 Å². The van der Waals surface area contributed by atoms with Gasteiger partial charge in [-0.25, -0.2) is 14.8 Å². The number of anilines is 2. The standard InChI is InChI=1S/C21H22N4O5S/c1-13-17(20(31-3)25-18(22-13)16-8-5-9-29-16)19(26)23-14-6-4-7-15(12-14)24-21(27)30-11-10-28-2/h4-9,12H,10-11H2,1-3H3,(H,23,26)(H,24,27). The highest BCUT2D eigenvalue weighted by molar-refractivity contribution is 7.98. The first-order valence-corrected chi connectivity index (χ1v) is 10.5. The summed E-state index contributed by atoms with van der Waals surface area (Å²) in [6.45, 7) is 2.20. The molecule has 0 saturated carbocycles. The Morgan fingerprint density at radius 2 is 1.87 bits per heavy atom. The molecule has 1 aromatic carbocycles. The molecule has 0 bridgehead atoms. The first-order valence-electron chi connectivity index (χ1n) is 9.32. The second-order valence-electron chi connectivity index (χ2n) is 6.28. The van der Waals surface area contributed by atoms with Crippen molar-refractivity contribution < 1.29 is 23.5 Å². The lowest BCUT2D eigenvalue weighted by Gasteiger charge is -2.12. The van der Waals surface area contributed by atoms with E-state index >= 15 is 0 Å².